The predicted octanol–water partition coefficient (Wildman–Crippen LogP) is 3.85. The van der Waals surface area contributed by atoms with Gasteiger partial charge in [0.05, 0.1) is 5.52 Å². The third-order valence-corrected chi connectivity index (χ3v) is 3.67. The minimum absolute atomic E-state index is 0.0549. The van der Waals surface area contributed by atoms with Crippen LogP contribution >= 0.6 is 0 Å². The Morgan fingerprint density at radius 3 is 2.55 bits per heavy atom. The van der Waals surface area contributed by atoms with Gasteiger partial charge in [0, 0.05) is 17.6 Å². The van der Waals surface area contributed by atoms with Crippen LogP contribution in [0.1, 0.15) is 29.7 Å². The van der Waals surface area contributed by atoms with Crippen molar-refractivity contribution in [2.45, 2.75) is 19.4 Å². The average Bonchev–Trinajstić information content (AvgIpc) is 2.48. The quantitative estimate of drug-likeness (QED) is 0.778. The molecule has 1 heterocycles. The summed E-state index contributed by atoms with van der Waals surface area (Å²) in [6.07, 6.45) is 2.77. The molecule has 2 nitrogen and oxygen atoms in total. The van der Waals surface area contributed by atoms with Gasteiger partial charge in [0.2, 0.25) is 0 Å². The van der Waals surface area contributed by atoms with E-state index in [0.717, 1.165) is 11.9 Å². The largest absolute Gasteiger partial charge is 0.324 e. The Morgan fingerprint density at radius 1 is 0.950 bits per heavy atom. The number of rotatable bonds is 3. The van der Waals surface area contributed by atoms with Crippen molar-refractivity contribution in [2.75, 3.05) is 0 Å². The van der Waals surface area contributed by atoms with Gasteiger partial charge in [-0.05, 0) is 42.2 Å². The number of nitrogens with zero attached hydrogens (tertiary/aromatic N) is 1. The Morgan fingerprint density at radius 2 is 1.70 bits per heavy atom. The summed E-state index contributed by atoms with van der Waals surface area (Å²) < 4.78 is 0. The molecular weight excluding hydrogens is 244 g/mol. The Kier molecular flexibility index (Phi) is 3.48. The number of benzene rings is 2. The first-order chi connectivity index (χ1) is 9.75. The fourth-order valence-corrected chi connectivity index (χ4v) is 2.65. The molecule has 3 rings (SSSR count). The summed E-state index contributed by atoms with van der Waals surface area (Å²) in [6.45, 7) is 2.03. The van der Waals surface area contributed by atoms with E-state index in [2.05, 4.69) is 47.4 Å². The molecule has 2 N–H and O–H groups in total. The van der Waals surface area contributed by atoms with Gasteiger partial charge in [-0.25, -0.2) is 0 Å². The number of hydrogen-bond acceptors (Lipinski definition) is 2. The van der Waals surface area contributed by atoms with Gasteiger partial charge < -0.3 is 5.73 Å². The molecule has 0 aliphatic heterocycles. The van der Waals surface area contributed by atoms with Crippen LogP contribution in [0.3, 0.4) is 0 Å². The topological polar surface area (TPSA) is 38.9 Å². The van der Waals surface area contributed by atoms with E-state index in [1.807, 2.05) is 25.3 Å². The molecule has 100 valence electrons. The van der Waals surface area contributed by atoms with Crippen LogP contribution < -0.4 is 5.73 Å². The molecule has 0 saturated carbocycles. The predicted molar refractivity (Wildman–Crippen MR) is 83.6 cm³/mol. The fourth-order valence-electron chi connectivity index (χ4n) is 2.65. The molecule has 3 aromatic rings. The monoisotopic (exact) mass is 262 g/mol. The van der Waals surface area contributed by atoms with Crippen molar-refractivity contribution >= 4 is 10.9 Å². The maximum atomic E-state index is 6.07. The van der Waals surface area contributed by atoms with Crippen LogP contribution in [0.5, 0.6) is 0 Å². The summed E-state index contributed by atoms with van der Waals surface area (Å²) in [5.41, 5.74) is 10.9. The second-order valence-electron chi connectivity index (χ2n) is 5.15. The first-order valence-corrected chi connectivity index (χ1v) is 6.91. The summed E-state index contributed by atoms with van der Waals surface area (Å²) in [6, 6.07) is 18.8. The number of pyridine rings is 1. The average molecular weight is 262 g/mol. The molecule has 0 radical (unpaired) electrons. The van der Waals surface area contributed by atoms with Gasteiger partial charge in [0.1, 0.15) is 0 Å². The zero-order valence-corrected chi connectivity index (χ0v) is 11.6. The van der Waals surface area contributed by atoms with Crippen LogP contribution in [-0.2, 0) is 6.42 Å². The highest BCUT2D eigenvalue weighted by Gasteiger charge is 2.08. The molecule has 1 aromatic heterocycles. The smallest absolute Gasteiger partial charge is 0.0704 e. The molecule has 0 bridgehead atoms. The number of fused-ring (bicyclic) bond motifs is 1. The van der Waals surface area contributed by atoms with Gasteiger partial charge in [0.25, 0.3) is 0 Å². The van der Waals surface area contributed by atoms with Gasteiger partial charge in [-0.1, -0.05) is 42.5 Å². The molecule has 0 aliphatic carbocycles. The fraction of sp³-hybridized carbons (Fsp3) is 0.167. The lowest BCUT2D eigenvalue weighted by Crippen LogP contribution is -2.08. The summed E-state index contributed by atoms with van der Waals surface area (Å²) in [7, 11) is 0. The molecule has 0 fully saturated rings. The first-order valence-electron chi connectivity index (χ1n) is 6.91. The number of hydrogen-bond donors (Lipinski definition) is 1. The minimum atomic E-state index is 0.0549. The van der Waals surface area contributed by atoms with Gasteiger partial charge in [0.15, 0.2) is 0 Å². The highest BCUT2D eigenvalue weighted by molar-refractivity contribution is 5.82. The third kappa shape index (κ3) is 2.43. The normalized spacial score (nSPS) is 12.5. The molecule has 2 aromatic carbocycles. The molecule has 1 atom stereocenters. The van der Waals surface area contributed by atoms with Gasteiger partial charge in [-0.2, -0.15) is 0 Å². The number of aromatic nitrogens is 1. The van der Waals surface area contributed by atoms with Crippen molar-refractivity contribution in [3.05, 3.63) is 77.5 Å². The molecular formula is C18H18N2. The van der Waals surface area contributed by atoms with Crippen LogP contribution in [0, 0.1) is 0 Å². The molecule has 2 heteroatoms. The van der Waals surface area contributed by atoms with E-state index in [9.17, 15) is 0 Å². The van der Waals surface area contributed by atoms with E-state index in [-0.39, 0.29) is 6.04 Å². The van der Waals surface area contributed by atoms with Crippen molar-refractivity contribution in [2.24, 2.45) is 5.73 Å². The molecule has 1 unspecified atom stereocenters. The maximum absolute atomic E-state index is 6.07. The van der Waals surface area contributed by atoms with Crippen molar-refractivity contribution in [1.82, 2.24) is 4.98 Å². The van der Waals surface area contributed by atoms with Crippen molar-refractivity contribution < 1.29 is 0 Å². The summed E-state index contributed by atoms with van der Waals surface area (Å²) in [5, 5.41) is 1.22. The highest BCUT2D eigenvalue weighted by atomic mass is 14.6. The van der Waals surface area contributed by atoms with E-state index in [0.29, 0.717) is 0 Å². The standard InChI is InChI=1S/C18H18N2/c1-13(19)16-7-3-2-6-14(16)12-15-10-11-20-18-9-5-4-8-17(15)18/h2-11,13H,12,19H2,1H3. The van der Waals surface area contributed by atoms with Crippen LogP contribution in [0.2, 0.25) is 0 Å². The lowest BCUT2D eigenvalue weighted by molar-refractivity contribution is 0.804. The van der Waals surface area contributed by atoms with Crippen molar-refractivity contribution in [3.63, 3.8) is 0 Å². The lowest BCUT2D eigenvalue weighted by Gasteiger charge is -2.13. The van der Waals surface area contributed by atoms with Crippen molar-refractivity contribution in [3.8, 4) is 0 Å². The van der Waals surface area contributed by atoms with E-state index < -0.39 is 0 Å². The second-order valence-corrected chi connectivity index (χ2v) is 5.15. The molecule has 0 aliphatic rings. The first kappa shape index (κ1) is 12.8. The number of nitrogens with two attached hydrogens (primary N) is 1. The van der Waals surface area contributed by atoms with Crippen molar-refractivity contribution in [1.29, 1.82) is 0 Å². The Labute approximate surface area is 119 Å². The Bertz CT molecular complexity index is 727. The van der Waals surface area contributed by atoms with Crippen LogP contribution in [0.25, 0.3) is 10.9 Å². The van der Waals surface area contributed by atoms with Gasteiger partial charge in [-0.15, -0.1) is 0 Å². The molecule has 0 spiro atoms. The second kappa shape index (κ2) is 5.43. The maximum Gasteiger partial charge on any atom is 0.0704 e. The summed E-state index contributed by atoms with van der Waals surface area (Å²) in [4.78, 5) is 4.42. The Hall–Kier alpha value is -2.19. The summed E-state index contributed by atoms with van der Waals surface area (Å²) >= 11 is 0. The molecule has 20 heavy (non-hydrogen) atoms. The highest BCUT2D eigenvalue weighted by Crippen LogP contribution is 2.23. The van der Waals surface area contributed by atoms with Crippen LogP contribution in [-0.4, -0.2) is 4.98 Å². The third-order valence-electron chi connectivity index (χ3n) is 3.67. The van der Waals surface area contributed by atoms with Gasteiger partial charge in [-0.3, -0.25) is 4.98 Å². The zero-order chi connectivity index (χ0) is 13.9. The van der Waals surface area contributed by atoms with E-state index in [1.54, 1.807) is 0 Å². The van der Waals surface area contributed by atoms with Crippen LogP contribution in [0.4, 0.5) is 0 Å². The van der Waals surface area contributed by atoms with Crippen LogP contribution in [0.15, 0.2) is 60.8 Å². The van der Waals surface area contributed by atoms with E-state index >= 15 is 0 Å². The van der Waals surface area contributed by atoms with E-state index in [1.165, 1.54) is 22.1 Å². The SMILES string of the molecule is CC(N)c1ccccc1Cc1ccnc2ccccc12. The lowest BCUT2D eigenvalue weighted by atomic mass is 9.95. The zero-order valence-electron chi connectivity index (χ0n) is 11.6. The Balaban J connectivity index is 2.06. The number of para-hydroxylation sites is 1. The van der Waals surface area contributed by atoms with Gasteiger partial charge >= 0.3 is 0 Å². The summed E-state index contributed by atoms with van der Waals surface area (Å²) in [5.74, 6) is 0. The molecule has 0 saturated heterocycles. The van der Waals surface area contributed by atoms with E-state index in [4.69, 9.17) is 5.73 Å². The molecule has 0 amide bonds. The minimum Gasteiger partial charge on any atom is -0.324 e.